The quantitative estimate of drug-likeness (QED) is 0.0654. The Bertz CT molecular complexity index is 940. The molecule has 0 heterocycles. The van der Waals surface area contributed by atoms with E-state index in [1.807, 2.05) is 36.4 Å². The molecule has 0 aliphatic heterocycles. The maximum absolute atomic E-state index is 13.3. The van der Waals surface area contributed by atoms with E-state index in [2.05, 4.69) is 38.2 Å². The summed E-state index contributed by atoms with van der Waals surface area (Å²) >= 11 is 0. The van der Waals surface area contributed by atoms with E-state index in [0.717, 1.165) is 43.5 Å². The lowest BCUT2D eigenvalue weighted by molar-refractivity contribution is -0.158. The Morgan fingerprint density at radius 1 is 0.762 bits per heavy atom. The van der Waals surface area contributed by atoms with E-state index in [1.54, 1.807) is 0 Å². The summed E-state index contributed by atoms with van der Waals surface area (Å²) in [6.45, 7) is 6.92. The molecule has 0 saturated heterocycles. The van der Waals surface area contributed by atoms with Crippen LogP contribution in [0, 0.1) is 5.41 Å². The molecule has 42 heavy (non-hydrogen) atoms. The van der Waals surface area contributed by atoms with Gasteiger partial charge in [0.15, 0.2) is 0 Å². The van der Waals surface area contributed by atoms with Gasteiger partial charge in [-0.1, -0.05) is 128 Å². The molecule has 236 valence electrons. The van der Waals surface area contributed by atoms with Crippen LogP contribution in [0.15, 0.2) is 48.5 Å². The van der Waals surface area contributed by atoms with Gasteiger partial charge in [0.2, 0.25) is 0 Å². The van der Waals surface area contributed by atoms with Gasteiger partial charge < -0.3 is 20.9 Å². The minimum absolute atomic E-state index is 0.0185. The number of hydrogen-bond acceptors (Lipinski definition) is 5. The fraction of sp³-hybridized carbons (Fsp3) is 0.649. The number of hydrogen-bond donors (Lipinski definition) is 3. The molecular formula is C37H60N2O3. The highest BCUT2D eigenvalue weighted by Crippen LogP contribution is 2.33. The number of aliphatic hydroxyl groups is 1. The topological polar surface area (TPSA) is 84.6 Å². The molecule has 0 bridgehead atoms. The van der Waals surface area contributed by atoms with Crippen LogP contribution in [0.3, 0.4) is 0 Å². The summed E-state index contributed by atoms with van der Waals surface area (Å²) in [5.74, 6) is -0.148. The second kappa shape index (κ2) is 21.2. The zero-order chi connectivity index (χ0) is 30.5. The summed E-state index contributed by atoms with van der Waals surface area (Å²) in [4.78, 5) is 13.3. The Morgan fingerprint density at radius 3 is 1.71 bits per heavy atom. The Balaban J connectivity index is 1.77. The highest BCUT2D eigenvalue weighted by molar-refractivity contribution is 5.76. The molecule has 0 aromatic heterocycles. The van der Waals surface area contributed by atoms with Gasteiger partial charge in [-0.3, -0.25) is 4.79 Å². The summed E-state index contributed by atoms with van der Waals surface area (Å²) < 4.78 is 5.73. The summed E-state index contributed by atoms with van der Waals surface area (Å²) in [5.41, 5.74) is 9.44. The number of nitrogens with two attached hydrogens (primary N) is 1. The standard InChI is InChI=1S/C37H60N2O3/c1-4-6-8-10-12-14-16-26-37(3,27-17-15-13-11-9-7-5-2)36(41)42-30-35(40)29-39-34-24-20-32(21-25-34)28-31-18-22-33(38)23-19-31/h18-25,35,39-40H,4-17,26-30,38H2,1-3H3. The maximum Gasteiger partial charge on any atom is 0.311 e. The second-order valence-corrected chi connectivity index (χ2v) is 12.6. The van der Waals surface area contributed by atoms with Crippen molar-refractivity contribution in [3.05, 3.63) is 59.7 Å². The molecule has 1 unspecified atom stereocenters. The number of anilines is 2. The summed E-state index contributed by atoms with van der Waals surface area (Å²) in [5, 5.41) is 13.9. The lowest BCUT2D eigenvalue weighted by Gasteiger charge is -2.28. The van der Waals surface area contributed by atoms with E-state index in [4.69, 9.17) is 10.5 Å². The van der Waals surface area contributed by atoms with E-state index in [0.29, 0.717) is 6.54 Å². The first-order valence-corrected chi connectivity index (χ1v) is 16.9. The third-order valence-electron chi connectivity index (χ3n) is 8.45. The molecule has 2 aromatic carbocycles. The number of aliphatic hydroxyl groups excluding tert-OH is 1. The van der Waals surface area contributed by atoms with Crippen molar-refractivity contribution in [2.24, 2.45) is 5.41 Å². The predicted octanol–water partition coefficient (Wildman–Crippen LogP) is 9.46. The predicted molar refractivity (Wildman–Crippen MR) is 179 cm³/mol. The van der Waals surface area contributed by atoms with Crippen molar-refractivity contribution in [1.82, 2.24) is 0 Å². The monoisotopic (exact) mass is 580 g/mol. The van der Waals surface area contributed by atoms with Gasteiger partial charge in [-0.25, -0.2) is 0 Å². The Kier molecular flexibility index (Phi) is 18.0. The molecule has 1 atom stereocenters. The van der Waals surface area contributed by atoms with Crippen molar-refractivity contribution in [2.45, 2.75) is 136 Å². The van der Waals surface area contributed by atoms with Crippen molar-refractivity contribution in [3.8, 4) is 0 Å². The van der Waals surface area contributed by atoms with E-state index >= 15 is 0 Å². The number of benzene rings is 2. The van der Waals surface area contributed by atoms with Gasteiger partial charge in [-0.15, -0.1) is 0 Å². The summed E-state index contributed by atoms with van der Waals surface area (Å²) in [7, 11) is 0. The second-order valence-electron chi connectivity index (χ2n) is 12.6. The highest BCUT2D eigenvalue weighted by atomic mass is 16.5. The molecule has 0 saturated carbocycles. The first-order chi connectivity index (χ1) is 20.4. The number of carbonyl (C=O) groups is 1. The maximum atomic E-state index is 13.3. The van der Waals surface area contributed by atoms with E-state index in [9.17, 15) is 9.90 Å². The molecular weight excluding hydrogens is 520 g/mol. The molecule has 5 heteroatoms. The van der Waals surface area contributed by atoms with Crippen molar-refractivity contribution in [1.29, 1.82) is 0 Å². The van der Waals surface area contributed by atoms with Crippen molar-refractivity contribution in [3.63, 3.8) is 0 Å². The zero-order valence-corrected chi connectivity index (χ0v) is 27.0. The number of carbonyl (C=O) groups excluding carboxylic acids is 1. The van der Waals surface area contributed by atoms with Crippen LogP contribution in [0.25, 0.3) is 0 Å². The van der Waals surface area contributed by atoms with Crippen LogP contribution >= 0.6 is 0 Å². The van der Waals surface area contributed by atoms with Crippen LogP contribution in [0.4, 0.5) is 11.4 Å². The first-order valence-electron chi connectivity index (χ1n) is 16.9. The zero-order valence-electron chi connectivity index (χ0n) is 27.0. The van der Waals surface area contributed by atoms with Crippen LogP contribution in [-0.2, 0) is 16.0 Å². The SMILES string of the molecule is CCCCCCCCCC(C)(CCCCCCCCC)C(=O)OCC(O)CNc1ccc(Cc2ccc(N)cc2)cc1. The molecule has 0 amide bonds. The summed E-state index contributed by atoms with van der Waals surface area (Å²) in [6.07, 6.45) is 19.1. The molecule has 5 nitrogen and oxygen atoms in total. The van der Waals surface area contributed by atoms with Crippen molar-refractivity contribution < 1.29 is 14.6 Å². The highest BCUT2D eigenvalue weighted by Gasteiger charge is 2.34. The number of esters is 1. The molecule has 2 rings (SSSR count). The Labute approximate surface area is 257 Å². The lowest BCUT2D eigenvalue weighted by Crippen LogP contribution is -2.34. The number of ether oxygens (including phenoxy) is 1. The molecule has 0 fully saturated rings. The number of nitrogens with one attached hydrogen (secondary N) is 1. The molecule has 0 aliphatic rings. The third-order valence-corrected chi connectivity index (χ3v) is 8.45. The largest absolute Gasteiger partial charge is 0.462 e. The van der Waals surface area contributed by atoms with Gasteiger partial charge in [-0.05, 0) is 61.6 Å². The average Bonchev–Trinajstić information content (AvgIpc) is 2.99. The third kappa shape index (κ3) is 15.1. The smallest absolute Gasteiger partial charge is 0.311 e. The number of nitrogen functional groups attached to an aromatic ring is 1. The van der Waals surface area contributed by atoms with Gasteiger partial charge in [0.25, 0.3) is 0 Å². The van der Waals surface area contributed by atoms with Gasteiger partial charge in [-0.2, -0.15) is 0 Å². The van der Waals surface area contributed by atoms with Crippen LogP contribution in [0.1, 0.15) is 135 Å². The molecule has 0 aliphatic carbocycles. The van der Waals surface area contributed by atoms with Crippen molar-refractivity contribution >= 4 is 17.3 Å². The average molecular weight is 581 g/mol. The molecule has 0 spiro atoms. The normalized spacial score (nSPS) is 12.3. The molecule has 2 aromatic rings. The van der Waals surface area contributed by atoms with Crippen molar-refractivity contribution in [2.75, 3.05) is 24.2 Å². The summed E-state index contributed by atoms with van der Waals surface area (Å²) in [6, 6.07) is 16.2. The number of rotatable bonds is 24. The fourth-order valence-corrected chi connectivity index (χ4v) is 5.53. The fourth-order valence-electron chi connectivity index (χ4n) is 5.53. The Morgan fingerprint density at radius 2 is 1.21 bits per heavy atom. The van der Waals surface area contributed by atoms with Gasteiger partial charge in [0, 0.05) is 17.9 Å². The lowest BCUT2D eigenvalue weighted by atomic mass is 9.79. The first kappa shape index (κ1) is 35.7. The van der Waals surface area contributed by atoms with Crippen LogP contribution in [-0.4, -0.2) is 30.3 Å². The molecule has 0 radical (unpaired) electrons. The van der Waals surface area contributed by atoms with E-state index < -0.39 is 11.5 Å². The minimum Gasteiger partial charge on any atom is -0.462 e. The Hall–Kier alpha value is -2.53. The van der Waals surface area contributed by atoms with Gasteiger partial charge >= 0.3 is 5.97 Å². The van der Waals surface area contributed by atoms with Gasteiger partial charge in [0.05, 0.1) is 5.41 Å². The van der Waals surface area contributed by atoms with Crippen LogP contribution in [0.5, 0.6) is 0 Å². The van der Waals surface area contributed by atoms with E-state index in [1.165, 1.54) is 88.2 Å². The minimum atomic E-state index is -0.759. The van der Waals surface area contributed by atoms with E-state index in [-0.39, 0.29) is 12.6 Å². The van der Waals surface area contributed by atoms with Gasteiger partial charge in [0.1, 0.15) is 12.7 Å². The van der Waals surface area contributed by atoms with Crippen LogP contribution in [0.2, 0.25) is 0 Å². The molecule has 4 N–H and O–H groups in total. The van der Waals surface area contributed by atoms with Crippen LogP contribution < -0.4 is 11.1 Å². The number of unbranched alkanes of at least 4 members (excludes halogenated alkanes) is 12.